The van der Waals surface area contributed by atoms with Gasteiger partial charge in [0.05, 0.1) is 12.3 Å². The Labute approximate surface area is 177 Å². The van der Waals surface area contributed by atoms with Crippen LogP contribution in [0, 0.1) is 0 Å². The lowest BCUT2D eigenvalue weighted by Crippen LogP contribution is -2.26. The van der Waals surface area contributed by atoms with E-state index in [4.69, 9.17) is 4.74 Å². The molecule has 0 aliphatic heterocycles. The standard InChI is InChI=1S/C21H32O7P2/c1-6-20(7-2,29(22,23)24)16-11-12-17-15(14-16)10-13-18(28-5)19(17)21(8-3,9-4)30(25,26)27/h10-14H,6-9H2,1-5H3,(H2,22,23,24)(H2,25,26,27). The van der Waals surface area contributed by atoms with Crippen molar-refractivity contribution in [3.8, 4) is 5.75 Å². The lowest BCUT2D eigenvalue weighted by atomic mass is 9.85. The van der Waals surface area contributed by atoms with Gasteiger partial charge in [0, 0.05) is 5.56 Å². The zero-order valence-electron chi connectivity index (χ0n) is 18.1. The first kappa shape index (κ1) is 25.1. The Morgan fingerprint density at radius 2 is 1.30 bits per heavy atom. The molecule has 0 saturated carbocycles. The quantitative estimate of drug-likeness (QED) is 0.379. The third-order valence-electron chi connectivity index (χ3n) is 6.66. The Kier molecular flexibility index (Phi) is 7.30. The summed E-state index contributed by atoms with van der Waals surface area (Å²) < 4.78 is 30.5. The molecule has 0 amide bonds. The molecule has 0 aromatic heterocycles. The summed E-state index contributed by atoms with van der Waals surface area (Å²) in [7, 11) is -7.55. The van der Waals surface area contributed by atoms with Crippen LogP contribution in [0.2, 0.25) is 0 Å². The van der Waals surface area contributed by atoms with Crippen molar-refractivity contribution in [2.75, 3.05) is 7.11 Å². The summed E-state index contributed by atoms with van der Waals surface area (Å²) in [5.41, 5.74) is 0.946. The monoisotopic (exact) mass is 458 g/mol. The van der Waals surface area contributed by atoms with E-state index in [2.05, 4.69) is 0 Å². The van der Waals surface area contributed by atoms with Crippen LogP contribution in [0.25, 0.3) is 10.8 Å². The summed E-state index contributed by atoms with van der Waals surface area (Å²) in [5.74, 6) is 0.384. The van der Waals surface area contributed by atoms with Crippen molar-refractivity contribution in [3.63, 3.8) is 0 Å². The summed E-state index contributed by atoms with van der Waals surface area (Å²) >= 11 is 0. The van der Waals surface area contributed by atoms with Gasteiger partial charge >= 0.3 is 15.2 Å². The fraction of sp³-hybridized carbons (Fsp3) is 0.524. The fourth-order valence-corrected chi connectivity index (χ4v) is 7.29. The van der Waals surface area contributed by atoms with E-state index in [1.165, 1.54) is 7.11 Å². The van der Waals surface area contributed by atoms with Gasteiger partial charge in [0.2, 0.25) is 0 Å². The highest BCUT2D eigenvalue weighted by Crippen LogP contribution is 2.64. The van der Waals surface area contributed by atoms with Crippen molar-refractivity contribution < 1.29 is 33.4 Å². The van der Waals surface area contributed by atoms with Crippen molar-refractivity contribution in [3.05, 3.63) is 41.5 Å². The van der Waals surface area contributed by atoms with E-state index in [1.54, 1.807) is 58.0 Å². The van der Waals surface area contributed by atoms with Crippen LogP contribution in [0.4, 0.5) is 0 Å². The van der Waals surface area contributed by atoms with E-state index in [9.17, 15) is 28.7 Å². The molecular weight excluding hydrogens is 426 g/mol. The molecule has 30 heavy (non-hydrogen) atoms. The first-order chi connectivity index (χ1) is 13.9. The van der Waals surface area contributed by atoms with Gasteiger partial charge in [-0.3, -0.25) is 9.13 Å². The number of fused-ring (bicyclic) bond motifs is 1. The minimum atomic E-state index is -4.56. The molecule has 7 nitrogen and oxygen atoms in total. The van der Waals surface area contributed by atoms with E-state index in [-0.39, 0.29) is 25.7 Å². The van der Waals surface area contributed by atoms with Crippen LogP contribution in [-0.2, 0) is 19.4 Å². The lowest BCUT2D eigenvalue weighted by molar-refractivity contribution is 0.309. The van der Waals surface area contributed by atoms with Crippen molar-refractivity contribution in [2.24, 2.45) is 0 Å². The highest BCUT2D eigenvalue weighted by molar-refractivity contribution is 7.53. The Bertz CT molecular complexity index is 998. The highest BCUT2D eigenvalue weighted by atomic mass is 31.2. The molecule has 0 heterocycles. The lowest BCUT2D eigenvalue weighted by Gasteiger charge is -2.36. The zero-order chi connectivity index (χ0) is 23.0. The molecule has 0 aliphatic rings. The largest absolute Gasteiger partial charge is 0.496 e. The first-order valence-corrected chi connectivity index (χ1v) is 13.3. The van der Waals surface area contributed by atoms with E-state index in [0.717, 1.165) is 0 Å². The summed E-state index contributed by atoms with van der Waals surface area (Å²) in [6.07, 6.45) is 0.944. The number of methoxy groups -OCH3 is 1. The third kappa shape index (κ3) is 3.77. The Balaban J connectivity index is 2.95. The van der Waals surface area contributed by atoms with E-state index < -0.39 is 25.5 Å². The molecule has 4 N–H and O–H groups in total. The van der Waals surface area contributed by atoms with Gasteiger partial charge in [-0.15, -0.1) is 0 Å². The summed E-state index contributed by atoms with van der Waals surface area (Å²) in [6, 6.07) is 8.50. The average molecular weight is 458 g/mol. The minimum absolute atomic E-state index is 0.210. The van der Waals surface area contributed by atoms with Gasteiger partial charge < -0.3 is 24.3 Å². The van der Waals surface area contributed by atoms with Crippen LogP contribution in [0.5, 0.6) is 5.75 Å². The van der Waals surface area contributed by atoms with Crippen molar-refractivity contribution >= 4 is 26.0 Å². The minimum Gasteiger partial charge on any atom is -0.496 e. The normalized spacial score (nSPS) is 13.6. The van der Waals surface area contributed by atoms with Gasteiger partial charge in [-0.2, -0.15) is 0 Å². The molecule has 2 rings (SSSR count). The molecule has 0 radical (unpaired) electrons. The van der Waals surface area contributed by atoms with Gasteiger partial charge in [-0.1, -0.05) is 45.9 Å². The average Bonchev–Trinajstić information content (AvgIpc) is 2.68. The SMILES string of the molecule is CCC(CC)(c1ccc2c(C(CC)(CC)P(=O)(O)O)c(OC)ccc2c1)P(=O)(O)O. The maximum atomic E-state index is 12.6. The summed E-state index contributed by atoms with van der Waals surface area (Å²) in [6.45, 7) is 6.98. The highest BCUT2D eigenvalue weighted by Gasteiger charge is 2.49. The molecule has 0 bridgehead atoms. The second kappa shape index (κ2) is 8.74. The number of hydrogen-bond acceptors (Lipinski definition) is 3. The maximum Gasteiger partial charge on any atom is 0.336 e. The van der Waals surface area contributed by atoms with Gasteiger partial charge in [-0.05, 0) is 54.2 Å². The van der Waals surface area contributed by atoms with E-state index in [1.807, 2.05) is 0 Å². The number of ether oxygens (including phenoxy) is 1. The molecule has 168 valence electrons. The van der Waals surface area contributed by atoms with Crippen molar-refractivity contribution in [1.82, 2.24) is 0 Å². The Hall–Kier alpha value is -1.20. The molecule has 9 heteroatoms. The number of benzene rings is 2. The molecule has 2 aromatic rings. The Morgan fingerprint density at radius 3 is 1.70 bits per heavy atom. The van der Waals surface area contributed by atoms with Gasteiger partial charge in [0.25, 0.3) is 0 Å². The second-order valence-electron chi connectivity index (χ2n) is 7.64. The second-order valence-corrected chi connectivity index (χ2v) is 11.5. The Morgan fingerprint density at radius 1 is 0.800 bits per heavy atom. The molecular formula is C21H32O7P2. The van der Waals surface area contributed by atoms with Crippen molar-refractivity contribution in [1.29, 1.82) is 0 Å². The zero-order valence-corrected chi connectivity index (χ0v) is 19.9. The summed E-state index contributed by atoms with van der Waals surface area (Å²) in [5, 5.41) is -1.47. The van der Waals surface area contributed by atoms with Gasteiger partial charge in [0.15, 0.2) is 0 Å². The molecule has 2 aromatic carbocycles. The number of hydrogen-bond donors (Lipinski definition) is 4. The molecule has 0 atom stereocenters. The van der Waals surface area contributed by atoms with Crippen LogP contribution in [0.15, 0.2) is 30.3 Å². The third-order valence-corrected chi connectivity index (χ3v) is 10.6. The van der Waals surface area contributed by atoms with Crippen LogP contribution in [-0.4, -0.2) is 26.7 Å². The van der Waals surface area contributed by atoms with Crippen LogP contribution >= 0.6 is 15.2 Å². The molecule has 0 unspecified atom stereocenters. The smallest absolute Gasteiger partial charge is 0.336 e. The van der Waals surface area contributed by atoms with Crippen LogP contribution in [0.1, 0.15) is 64.5 Å². The summed E-state index contributed by atoms with van der Waals surface area (Å²) in [4.78, 5) is 40.7. The molecule has 0 saturated heterocycles. The van der Waals surface area contributed by atoms with E-state index >= 15 is 0 Å². The maximum absolute atomic E-state index is 12.6. The molecule has 0 spiro atoms. The van der Waals surface area contributed by atoms with Crippen molar-refractivity contribution in [2.45, 2.75) is 63.7 Å². The van der Waals surface area contributed by atoms with Gasteiger partial charge in [0.1, 0.15) is 10.9 Å². The predicted octanol–water partition coefficient (Wildman–Crippen LogP) is 5.23. The molecule has 0 aliphatic carbocycles. The fourth-order valence-electron chi connectivity index (χ4n) is 4.65. The first-order valence-electron chi connectivity index (χ1n) is 10.1. The van der Waals surface area contributed by atoms with Crippen LogP contribution < -0.4 is 4.74 Å². The van der Waals surface area contributed by atoms with Crippen LogP contribution in [0.3, 0.4) is 0 Å². The topological polar surface area (TPSA) is 124 Å². The van der Waals surface area contributed by atoms with Gasteiger partial charge in [-0.25, -0.2) is 0 Å². The predicted molar refractivity (Wildman–Crippen MR) is 119 cm³/mol. The number of rotatable bonds is 9. The van der Waals surface area contributed by atoms with E-state index in [0.29, 0.717) is 27.6 Å². The molecule has 0 fully saturated rings.